The number of carboxylic acids is 1. The van der Waals surface area contributed by atoms with E-state index < -0.39 is 5.97 Å². The Labute approximate surface area is 96.3 Å². The molecule has 0 aliphatic carbocycles. The first-order valence-corrected chi connectivity index (χ1v) is 4.87. The van der Waals surface area contributed by atoms with Crippen LogP contribution >= 0.6 is 11.6 Å². The van der Waals surface area contributed by atoms with Crippen LogP contribution in [0.4, 0.5) is 0 Å². The molecule has 82 valence electrons. The van der Waals surface area contributed by atoms with Gasteiger partial charge < -0.3 is 5.11 Å². The van der Waals surface area contributed by atoms with E-state index in [4.69, 9.17) is 16.7 Å². The third-order valence-electron chi connectivity index (χ3n) is 1.98. The van der Waals surface area contributed by atoms with Gasteiger partial charge in [0, 0.05) is 6.20 Å². The number of aromatic nitrogens is 3. The molecule has 6 heteroatoms. The van der Waals surface area contributed by atoms with Crippen molar-refractivity contribution in [3.05, 3.63) is 40.8 Å². The standard InChI is InChI=1S/C10H8ClN3O2/c1-6-2-3-14(13-6)9-5-7(10(15)16)4-8(11)12-9/h2-5H,1H3,(H,15,16). The van der Waals surface area contributed by atoms with E-state index in [1.165, 1.54) is 16.8 Å². The zero-order valence-electron chi connectivity index (χ0n) is 8.38. The first kappa shape index (κ1) is 10.6. The zero-order valence-corrected chi connectivity index (χ0v) is 9.14. The van der Waals surface area contributed by atoms with Gasteiger partial charge in [0.15, 0.2) is 5.82 Å². The van der Waals surface area contributed by atoms with Gasteiger partial charge in [0.2, 0.25) is 0 Å². The van der Waals surface area contributed by atoms with E-state index in [0.717, 1.165) is 5.69 Å². The Hall–Kier alpha value is -1.88. The average molecular weight is 238 g/mol. The minimum Gasteiger partial charge on any atom is -0.478 e. The van der Waals surface area contributed by atoms with Gasteiger partial charge in [0.25, 0.3) is 0 Å². The number of carbonyl (C=O) groups is 1. The van der Waals surface area contributed by atoms with Gasteiger partial charge in [-0.1, -0.05) is 11.6 Å². The summed E-state index contributed by atoms with van der Waals surface area (Å²) in [6.45, 7) is 1.83. The van der Waals surface area contributed by atoms with Gasteiger partial charge in [-0.2, -0.15) is 5.10 Å². The second-order valence-electron chi connectivity index (χ2n) is 3.24. The third kappa shape index (κ3) is 2.04. The first-order chi connectivity index (χ1) is 7.56. The molecule has 2 heterocycles. The van der Waals surface area contributed by atoms with Crippen molar-refractivity contribution in [1.82, 2.24) is 14.8 Å². The minimum atomic E-state index is -1.05. The highest BCUT2D eigenvalue weighted by atomic mass is 35.5. The Morgan fingerprint density at radius 1 is 1.50 bits per heavy atom. The fourth-order valence-corrected chi connectivity index (χ4v) is 1.47. The Bertz CT molecular complexity index is 551. The molecule has 16 heavy (non-hydrogen) atoms. The van der Waals surface area contributed by atoms with E-state index in [-0.39, 0.29) is 10.7 Å². The molecule has 0 saturated carbocycles. The minimum absolute atomic E-state index is 0.0863. The number of halogens is 1. The molecule has 5 nitrogen and oxygen atoms in total. The van der Waals surface area contributed by atoms with Crippen molar-refractivity contribution in [2.75, 3.05) is 0 Å². The number of nitrogens with zero attached hydrogens (tertiary/aromatic N) is 3. The van der Waals surface area contributed by atoms with Gasteiger partial charge >= 0.3 is 5.97 Å². The summed E-state index contributed by atoms with van der Waals surface area (Å²) in [7, 11) is 0. The summed E-state index contributed by atoms with van der Waals surface area (Å²) in [6.07, 6.45) is 1.69. The van der Waals surface area contributed by atoms with Gasteiger partial charge in [-0.15, -0.1) is 0 Å². The second kappa shape index (κ2) is 3.94. The molecule has 0 aliphatic rings. The van der Waals surface area contributed by atoms with Gasteiger partial charge in [-0.3, -0.25) is 0 Å². The smallest absolute Gasteiger partial charge is 0.335 e. The van der Waals surface area contributed by atoms with Crippen molar-refractivity contribution in [2.45, 2.75) is 6.92 Å². The maximum Gasteiger partial charge on any atom is 0.335 e. The lowest BCUT2D eigenvalue weighted by Crippen LogP contribution is -2.03. The number of carboxylic acid groups (broad SMARTS) is 1. The van der Waals surface area contributed by atoms with Crippen LogP contribution in [0, 0.1) is 6.92 Å². The summed E-state index contributed by atoms with van der Waals surface area (Å²) in [6, 6.07) is 4.51. The van der Waals surface area contributed by atoms with Gasteiger partial charge in [0.05, 0.1) is 11.3 Å². The van der Waals surface area contributed by atoms with Crippen molar-refractivity contribution in [1.29, 1.82) is 0 Å². The van der Waals surface area contributed by atoms with E-state index in [2.05, 4.69) is 10.1 Å². The van der Waals surface area contributed by atoms with Gasteiger partial charge in [0.1, 0.15) is 5.15 Å². The number of pyridine rings is 1. The maximum absolute atomic E-state index is 10.8. The Morgan fingerprint density at radius 3 is 2.81 bits per heavy atom. The monoisotopic (exact) mass is 237 g/mol. The van der Waals surface area contributed by atoms with Crippen LogP contribution in [-0.2, 0) is 0 Å². The fourth-order valence-electron chi connectivity index (χ4n) is 1.27. The van der Waals surface area contributed by atoms with Crippen molar-refractivity contribution in [3.63, 3.8) is 0 Å². The van der Waals surface area contributed by atoms with Crippen LogP contribution in [0.5, 0.6) is 0 Å². The predicted molar refractivity (Wildman–Crippen MR) is 58.1 cm³/mol. The quantitative estimate of drug-likeness (QED) is 0.811. The SMILES string of the molecule is Cc1ccn(-c2cc(C(=O)O)cc(Cl)n2)n1. The molecule has 1 N–H and O–H groups in total. The largest absolute Gasteiger partial charge is 0.478 e. The van der Waals surface area contributed by atoms with Crippen molar-refractivity contribution in [3.8, 4) is 5.82 Å². The Balaban J connectivity index is 2.53. The zero-order chi connectivity index (χ0) is 11.7. The van der Waals surface area contributed by atoms with Crippen LogP contribution in [0.15, 0.2) is 24.4 Å². The van der Waals surface area contributed by atoms with E-state index in [1.807, 2.05) is 6.92 Å². The number of rotatable bonds is 2. The average Bonchev–Trinajstić information content (AvgIpc) is 2.64. The highest BCUT2D eigenvalue weighted by molar-refractivity contribution is 6.29. The molecule has 0 spiro atoms. The van der Waals surface area contributed by atoms with E-state index >= 15 is 0 Å². The number of hydrogen-bond donors (Lipinski definition) is 1. The lowest BCUT2D eigenvalue weighted by molar-refractivity contribution is 0.0696. The number of aryl methyl sites for hydroxylation is 1. The van der Waals surface area contributed by atoms with Crippen LogP contribution in [-0.4, -0.2) is 25.8 Å². The van der Waals surface area contributed by atoms with E-state index in [1.54, 1.807) is 12.3 Å². The molecule has 0 aromatic carbocycles. The van der Waals surface area contributed by atoms with Crippen LogP contribution in [0.3, 0.4) is 0 Å². The molecule has 2 rings (SSSR count). The molecular weight excluding hydrogens is 230 g/mol. The van der Waals surface area contributed by atoms with Crippen LogP contribution in [0.1, 0.15) is 16.1 Å². The topological polar surface area (TPSA) is 68.0 Å². The molecule has 0 unspecified atom stereocenters. The van der Waals surface area contributed by atoms with Crippen molar-refractivity contribution < 1.29 is 9.90 Å². The maximum atomic E-state index is 10.8. The third-order valence-corrected chi connectivity index (χ3v) is 2.18. The van der Waals surface area contributed by atoms with Crippen LogP contribution < -0.4 is 0 Å². The first-order valence-electron chi connectivity index (χ1n) is 4.50. The summed E-state index contributed by atoms with van der Waals surface area (Å²) in [5.74, 6) is -0.660. The lowest BCUT2D eigenvalue weighted by Gasteiger charge is -2.02. The fraction of sp³-hybridized carbons (Fsp3) is 0.100. The predicted octanol–water partition coefficient (Wildman–Crippen LogP) is 1.93. The summed E-state index contributed by atoms with van der Waals surface area (Å²) in [4.78, 5) is 14.8. The molecule has 0 fully saturated rings. The van der Waals surface area contributed by atoms with Gasteiger partial charge in [-0.25, -0.2) is 14.5 Å². The molecule has 0 amide bonds. The second-order valence-corrected chi connectivity index (χ2v) is 3.63. The van der Waals surface area contributed by atoms with Crippen LogP contribution in [0.25, 0.3) is 5.82 Å². The Kier molecular flexibility index (Phi) is 2.62. The molecule has 0 saturated heterocycles. The molecule has 0 atom stereocenters. The summed E-state index contributed by atoms with van der Waals surface area (Å²) in [5.41, 5.74) is 0.904. The number of hydrogen-bond acceptors (Lipinski definition) is 3. The van der Waals surface area contributed by atoms with E-state index in [9.17, 15) is 4.79 Å². The summed E-state index contributed by atoms with van der Waals surface area (Å²) >= 11 is 5.74. The highest BCUT2D eigenvalue weighted by Gasteiger charge is 2.09. The highest BCUT2D eigenvalue weighted by Crippen LogP contribution is 2.14. The summed E-state index contributed by atoms with van der Waals surface area (Å²) < 4.78 is 1.48. The molecule has 0 aliphatic heterocycles. The molecule has 2 aromatic rings. The van der Waals surface area contributed by atoms with Crippen molar-refractivity contribution in [2.24, 2.45) is 0 Å². The van der Waals surface area contributed by atoms with E-state index in [0.29, 0.717) is 5.82 Å². The lowest BCUT2D eigenvalue weighted by atomic mass is 10.2. The van der Waals surface area contributed by atoms with Crippen LogP contribution in [0.2, 0.25) is 5.15 Å². The molecule has 0 radical (unpaired) electrons. The molecular formula is C10H8ClN3O2. The Morgan fingerprint density at radius 2 is 2.25 bits per heavy atom. The molecule has 0 bridgehead atoms. The normalized spacial score (nSPS) is 10.4. The van der Waals surface area contributed by atoms with Gasteiger partial charge in [-0.05, 0) is 25.1 Å². The summed E-state index contributed by atoms with van der Waals surface area (Å²) in [5, 5.41) is 13.1. The van der Waals surface area contributed by atoms with Crippen molar-refractivity contribution >= 4 is 17.6 Å². The number of aromatic carboxylic acids is 1. The molecule has 2 aromatic heterocycles.